The van der Waals surface area contributed by atoms with Crippen LogP contribution in [0.15, 0.2) is 72.8 Å². The summed E-state index contributed by atoms with van der Waals surface area (Å²) in [6.07, 6.45) is 6.22. The van der Waals surface area contributed by atoms with Crippen LogP contribution in [0.2, 0.25) is 5.02 Å². The number of hydrogen-bond donors (Lipinski definition) is 1. The van der Waals surface area contributed by atoms with Gasteiger partial charge in [0.1, 0.15) is 6.04 Å². The SMILES string of the molecule is N#CC1(C(=O)N2[C@@H](c3ccccc3Cl)CC[C@H]2C(=O)O)C=CC(c2ccccc2)=CC1. The Hall–Kier alpha value is -3.36. The van der Waals surface area contributed by atoms with Crippen molar-refractivity contribution in [2.75, 3.05) is 0 Å². The summed E-state index contributed by atoms with van der Waals surface area (Å²) >= 11 is 6.37. The summed E-state index contributed by atoms with van der Waals surface area (Å²) in [6.45, 7) is 0. The third-order valence-electron chi connectivity index (χ3n) is 6.05. The van der Waals surface area contributed by atoms with Gasteiger partial charge in [-0.1, -0.05) is 78.4 Å². The molecule has 0 saturated carbocycles. The largest absolute Gasteiger partial charge is 0.480 e. The minimum absolute atomic E-state index is 0.182. The van der Waals surface area contributed by atoms with Crippen molar-refractivity contribution in [2.45, 2.75) is 31.3 Å². The van der Waals surface area contributed by atoms with Crippen LogP contribution in [0.1, 0.15) is 36.4 Å². The lowest BCUT2D eigenvalue weighted by molar-refractivity contribution is -0.152. The zero-order valence-electron chi connectivity index (χ0n) is 16.7. The zero-order chi connectivity index (χ0) is 22.0. The van der Waals surface area contributed by atoms with Gasteiger partial charge in [-0.2, -0.15) is 5.26 Å². The third-order valence-corrected chi connectivity index (χ3v) is 6.39. The van der Waals surface area contributed by atoms with Crippen LogP contribution in [0.4, 0.5) is 0 Å². The van der Waals surface area contributed by atoms with Crippen molar-refractivity contribution in [2.24, 2.45) is 5.41 Å². The Kier molecular flexibility index (Phi) is 5.67. The van der Waals surface area contributed by atoms with Gasteiger partial charge in [-0.15, -0.1) is 0 Å². The highest BCUT2D eigenvalue weighted by Crippen LogP contribution is 2.44. The quantitative estimate of drug-likeness (QED) is 0.736. The number of carbonyl (C=O) groups is 2. The summed E-state index contributed by atoms with van der Waals surface area (Å²) in [5.41, 5.74) is 1.18. The molecule has 0 aromatic heterocycles. The van der Waals surface area contributed by atoms with Crippen LogP contribution in [0, 0.1) is 16.7 Å². The molecule has 1 aliphatic carbocycles. The van der Waals surface area contributed by atoms with E-state index in [1.807, 2.05) is 42.5 Å². The van der Waals surface area contributed by atoms with E-state index in [0.717, 1.165) is 11.1 Å². The number of allylic oxidation sites excluding steroid dienone is 3. The van der Waals surface area contributed by atoms with Gasteiger partial charge in [0, 0.05) is 5.02 Å². The Morgan fingerprint density at radius 3 is 2.42 bits per heavy atom. The van der Waals surface area contributed by atoms with Gasteiger partial charge in [0.15, 0.2) is 5.41 Å². The molecule has 1 amide bonds. The summed E-state index contributed by atoms with van der Waals surface area (Å²) in [5, 5.41) is 20.3. The van der Waals surface area contributed by atoms with Crippen molar-refractivity contribution in [1.82, 2.24) is 4.90 Å². The molecule has 2 aromatic carbocycles. The smallest absolute Gasteiger partial charge is 0.326 e. The minimum atomic E-state index is -1.45. The fraction of sp³-hybridized carbons (Fsp3) is 0.240. The Labute approximate surface area is 185 Å². The summed E-state index contributed by atoms with van der Waals surface area (Å²) in [4.78, 5) is 27.0. The third kappa shape index (κ3) is 3.75. The molecule has 2 aromatic rings. The minimum Gasteiger partial charge on any atom is -0.480 e. The summed E-state index contributed by atoms with van der Waals surface area (Å²) in [5.74, 6) is -1.57. The molecule has 1 fully saturated rings. The maximum atomic E-state index is 13.7. The lowest BCUT2D eigenvalue weighted by Crippen LogP contribution is -2.48. The number of benzene rings is 2. The second kappa shape index (κ2) is 8.41. The lowest BCUT2D eigenvalue weighted by Gasteiger charge is -2.35. The Morgan fingerprint density at radius 2 is 1.81 bits per heavy atom. The Balaban J connectivity index is 1.69. The van der Waals surface area contributed by atoms with Gasteiger partial charge in [-0.3, -0.25) is 4.79 Å². The van der Waals surface area contributed by atoms with Gasteiger partial charge in [0.25, 0.3) is 0 Å². The summed E-state index contributed by atoms with van der Waals surface area (Å²) < 4.78 is 0. The Morgan fingerprint density at radius 1 is 1.10 bits per heavy atom. The molecule has 1 aliphatic heterocycles. The van der Waals surface area contributed by atoms with E-state index in [4.69, 9.17) is 11.6 Å². The second-order valence-electron chi connectivity index (χ2n) is 7.83. The molecule has 5 nitrogen and oxygen atoms in total. The number of nitrogens with zero attached hydrogens (tertiary/aromatic N) is 2. The highest BCUT2D eigenvalue weighted by Gasteiger charge is 2.49. The number of aliphatic carboxylic acids is 1. The van der Waals surface area contributed by atoms with E-state index in [2.05, 4.69) is 6.07 Å². The molecular weight excluding hydrogens is 412 g/mol. The van der Waals surface area contributed by atoms with E-state index in [1.165, 1.54) is 4.90 Å². The fourth-order valence-corrected chi connectivity index (χ4v) is 4.65. The maximum absolute atomic E-state index is 13.7. The first-order chi connectivity index (χ1) is 15.0. The number of carbonyl (C=O) groups excluding carboxylic acids is 1. The number of nitriles is 1. The van der Waals surface area contributed by atoms with Gasteiger partial charge >= 0.3 is 5.97 Å². The number of rotatable bonds is 4. The van der Waals surface area contributed by atoms with Crippen molar-refractivity contribution in [3.8, 4) is 6.07 Å². The number of halogens is 1. The van der Waals surface area contributed by atoms with Gasteiger partial charge in [0.05, 0.1) is 12.1 Å². The molecule has 156 valence electrons. The molecule has 0 bridgehead atoms. The van der Waals surface area contributed by atoms with Crippen LogP contribution in [0.5, 0.6) is 0 Å². The molecule has 6 heteroatoms. The average Bonchev–Trinajstić information content (AvgIpc) is 3.24. The first kappa shape index (κ1) is 20.9. The predicted octanol–water partition coefficient (Wildman–Crippen LogP) is 5.01. The average molecular weight is 433 g/mol. The molecule has 4 rings (SSSR count). The van der Waals surface area contributed by atoms with Crippen LogP contribution in [0.3, 0.4) is 0 Å². The number of carboxylic acid groups (broad SMARTS) is 1. The molecule has 31 heavy (non-hydrogen) atoms. The molecule has 1 unspecified atom stereocenters. The van der Waals surface area contributed by atoms with E-state index in [-0.39, 0.29) is 6.42 Å². The first-order valence-corrected chi connectivity index (χ1v) is 10.5. The standard InChI is InChI=1S/C25H21ClN2O3/c26-20-9-5-4-8-19(20)21-10-11-22(23(29)30)28(21)24(31)25(16-27)14-12-18(13-15-25)17-6-2-1-3-7-17/h1-9,12-14,21-22H,10-11,15H2,(H,29,30)/t21-,22+,25?/m1/s1. The van der Waals surface area contributed by atoms with Crippen LogP contribution < -0.4 is 0 Å². The van der Waals surface area contributed by atoms with E-state index < -0.39 is 29.4 Å². The molecule has 3 atom stereocenters. The monoisotopic (exact) mass is 432 g/mol. The van der Waals surface area contributed by atoms with E-state index in [1.54, 1.807) is 30.4 Å². The van der Waals surface area contributed by atoms with E-state index >= 15 is 0 Å². The van der Waals surface area contributed by atoms with Crippen molar-refractivity contribution in [1.29, 1.82) is 5.26 Å². The van der Waals surface area contributed by atoms with Crippen LogP contribution in [0.25, 0.3) is 5.57 Å². The zero-order valence-corrected chi connectivity index (χ0v) is 17.5. The molecular formula is C25H21ClN2O3. The van der Waals surface area contributed by atoms with Crippen molar-refractivity contribution in [3.63, 3.8) is 0 Å². The topological polar surface area (TPSA) is 81.4 Å². The number of amides is 1. The highest BCUT2D eigenvalue weighted by molar-refractivity contribution is 6.31. The van der Waals surface area contributed by atoms with Crippen LogP contribution >= 0.6 is 11.6 Å². The van der Waals surface area contributed by atoms with Crippen molar-refractivity contribution >= 4 is 29.1 Å². The van der Waals surface area contributed by atoms with Crippen LogP contribution in [-0.2, 0) is 9.59 Å². The van der Waals surface area contributed by atoms with Gasteiger partial charge in [-0.05, 0) is 42.0 Å². The van der Waals surface area contributed by atoms with E-state index in [9.17, 15) is 20.0 Å². The first-order valence-electron chi connectivity index (χ1n) is 10.1. The van der Waals surface area contributed by atoms with Gasteiger partial charge < -0.3 is 10.0 Å². The maximum Gasteiger partial charge on any atom is 0.326 e. The molecule has 1 heterocycles. The van der Waals surface area contributed by atoms with Crippen molar-refractivity contribution < 1.29 is 14.7 Å². The normalized spacial score (nSPS) is 25.0. The molecule has 1 saturated heterocycles. The molecule has 0 spiro atoms. The molecule has 0 radical (unpaired) electrons. The van der Waals surface area contributed by atoms with E-state index in [0.29, 0.717) is 23.4 Å². The number of hydrogen-bond acceptors (Lipinski definition) is 3. The molecule has 2 aliphatic rings. The summed E-state index contributed by atoms with van der Waals surface area (Å²) in [6, 6.07) is 17.5. The predicted molar refractivity (Wildman–Crippen MR) is 118 cm³/mol. The molecule has 1 N–H and O–H groups in total. The number of likely N-dealkylation sites (tertiary alicyclic amines) is 1. The Bertz CT molecular complexity index is 1120. The number of carboxylic acids is 1. The highest BCUT2D eigenvalue weighted by atomic mass is 35.5. The van der Waals surface area contributed by atoms with Gasteiger partial charge in [0.2, 0.25) is 5.91 Å². The summed E-state index contributed by atoms with van der Waals surface area (Å²) in [7, 11) is 0. The van der Waals surface area contributed by atoms with Crippen molar-refractivity contribution in [3.05, 3.63) is 89.0 Å². The fourth-order valence-electron chi connectivity index (χ4n) is 4.39. The lowest BCUT2D eigenvalue weighted by atomic mass is 9.78. The van der Waals surface area contributed by atoms with Crippen LogP contribution in [-0.4, -0.2) is 27.9 Å². The van der Waals surface area contributed by atoms with Gasteiger partial charge in [-0.25, -0.2) is 4.79 Å². The second-order valence-corrected chi connectivity index (χ2v) is 8.23.